The Morgan fingerprint density at radius 2 is 2.18 bits per heavy atom. The standard InChI is InChI=1S/C16H17N11O/c17-4-10-5-21-14(8-19-10)24-13-3-12(20-7-11-6-18-1-2-28-11)15(26-25-13)16-22-9-23-27-16/h3,5,8-9,11,18H,1-2,6-7H2,(H,22,23,27)(H2,20,21,24,25). The van der Waals surface area contributed by atoms with E-state index in [4.69, 9.17) is 10.00 Å². The monoisotopic (exact) mass is 379 g/mol. The Balaban J connectivity index is 1.55. The highest BCUT2D eigenvalue weighted by atomic mass is 16.5. The molecular weight excluding hydrogens is 362 g/mol. The van der Waals surface area contributed by atoms with Gasteiger partial charge >= 0.3 is 0 Å². The molecule has 4 N–H and O–H groups in total. The Morgan fingerprint density at radius 1 is 1.21 bits per heavy atom. The summed E-state index contributed by atoms with van der Waals surface area (Å²) in [5.74, 6) is 1.42. The molecule has 0 aromatic carbocycles. The van der Waals surface area contributed by atoms with Gasteiger partial charge in [0, 0.05) is 25.7 Å². The van der Waals surface area contributed by atoms with Gasteiger partial charge in [0.25, 0.3) is 0 Å². The molecule has 1 fully saturated rings. The third kappa shape index (κ3) is 4.17. The molecule has 4 rings (SSSR count). The number of anilines is 3. The van der Waals surface area contributed by atoms with E-state index in [1.54, 1.807) is 6.07 Å². The number of morpholine rings is 1. The van der Waals surface area contributed by atoms with Crippen LogP contribution in [-0.4, -0.2) is 67.7 Å². The van der Waals surface area contributed by atoms with Crippen molar-refractivity contribution in [1.82, 2.24) is 40.7 Å². The van der Waals surface area contributed by atoms with Gasteiger partial charge < -0.3 is 25.7 Å². The lowest BCUT2D eigenvalue weighted by Gasteiger charge is -2.24. The van der Waals surface area contributed by atoms with Gasteiger partial charge in [-0.3, -0.25) is 0 Å². The first-order chi connectivity index (χ1) is 13.8. The highest BCUT2D eigenvalue weighted by Gasteiger charge is 2.17. The van der Waals surface area contributed by atoms with Crippen LogP contribution in [0, 0.1) is 11.3 Å². The van der Waals surface area contributed by atoms with Crippen molar-refractivity contribution in [2.45, 2.75) is 6.10 Å². The maximum absolute atomic E-state index is 8.81. The van der Waals surface area contributed by atoms with Crippen molar-refractivity contribution in [2.24, 2.45) is 0 Å². The smallest absolute Gasteiger partial charge is 0.183 e. The molecule has 12 heteroatoms. The zero-order chi connectivity index (χ0) is 19.2. The molecule has 3 aromatic heterocycles. The van der Waals surface area contributed by atoms with E-state index >= 15 is 0 Å². The van der Waals surface area contributed by atoms with Crippen LogP contribution in [0.25, 0.3) is 11.5 Å². The molecular formula is C16H17N11O. The number of H-pyrrole nitrogens is 1. The van der Waals surface area contributed by atoms with E-state index in [1.807, 2.05) is 6.07 Å². The molecule has 0 aliphatic carbocycles. The molecule has 0 bridgehead atoms. The zero-order valence-electron chi connectivity index (χ0n) is 14.8. The van der Waals surface area contributed by atoms with Crippen LogP contribution >= 0.6 is 0 Å². The minimum atomic E-state index is 0.0466. The van der Waals surface area contributed by atoms with Crippen molar-refractivity contribution in [3.63, 3.8) is 0 Å². The molecule has 4 heterocycles. The number of hydrogen-bond donors (Lipinski definition) is 4. The van der Waals surface area contributed by atoms with Crippen LogP contribution in [0.15, 0.2) is 24.8 Å². The number of nitrogens with one attached hydrogen (secondary N) is 4. The molecule has 3 aromatic rings. The lowest BCUT2D eigenvalue weighted by molar-refractivity contribution is 0.0372. The number of rotatable bonds is 6. The van der Waals surface area contributed by atoms with Gasteiger partial charge in [-0.2, -0.15) is 5.26 Å². The summed E-state index contributed by atoms with van der Waals surface area (Å²) in [7, 11) is 0. The van der Waals surface area contributed by atoms with Crippen LogP contribution in [0.3, 0.4) is 0 Å². The third-order valence-corrected chi connectivity index (χ3v) is 3.98. The summed E-state index contributed by atoms with van der Waals surface area (Å²) in [5.41, 5.74) is 1.49. The van der Waals surface area contributed by atoms with Gasteiger partial charge in [-0.1, -0.05) is 0 Å². The van der Waals surface area contributed by atoms with E-state index in [9.17, 15) is 0 Å². The first-order valence-corrected chi connectivity index (χ1v) is 8.61. The van der Waals surface area contributed by atoms with Crippen molar-refractivity contribution < 1.29 is 4.74 Å². The van der Waals surface area contributed by atoms with Gasteiger partial charge in [-0.15, -0.1) is 20.4 Å². The van der Waals surface area contributed by atoms with Crippen LogP contribution in [0.2, 0.25) is 0 Å². The second kappa shape index (κ2) is 8.33. The fourth-order valence-electron chi connectivity index (χ4n) is 2.64. The van der Waals surface area contributed by atoms with Crippen LogP contribution in [0.5, 0.6) is 0 Å². The molecule has 28 heavy (non-hydrogen) atoms. The van der Waals surface area contributed by atoms with Gasteiger partial charge in [0.15, 0.2) is 23.0 Å². The van der Waals surface area contributed by atoms with Crippen LogP contribution < -0.4 is 16.0 Å². The highest BCUT2D eigenvalue weighted by molar-refractivity contribution is 5.72. The molecule has 0 saturated carbocycles. The van der Waals surface area contributed by atoms with Gasteiger partial charge in [0.05, 0.1) is 30.8 Å². The van der Waals surface area contributed by atoms with Gasteiger partial charge in [-0.25, -0.2) is 9.97 Å². The summed E-state index contributed by atoms with van der Waals surface area (Å²) >= 11 is 0. The van der Waals surface area contributed by atoms with E-state index in [0.29, 0.717) is 42.0 Å². The van der Waals surface area contributed by atoms with Crippen LogP contribution in [0.1, 0.15) is 5.69 Å². The van der Waals surface area contributed by atoms with Gasteiger partial charge in [0.1, 0.15) is 18.2 Å². The fraction of sp³-hybridized carbons (Fsp3) is 0.312. The number of aromatic nitrogens is 7. The summed E-state index contributed by atoms with van der Waals surface area (Å²) in [4.78, 5) is 11.0. The average molecular weight is 379 g/mol. The van der Waals surface area contributed by atoms with Crippen LogP contribution in [-0.2, 0) is 4.74 Å². The van der Waals surface area contributed by atoms with Crippen molar-refractivity contribution in [3.8, 4) is 17.6 Å². The average Bonchev–Trinajstić information content (AvgIpc) is 3.28. The topological polar surface area (TPSA) is 162 Å². The molecule has 0 amide bonds. The summed E-state index contributed by atoms with van der Waals surface area (Å²) in [5, 5.41) is 34.7. The van der Waals surface area contributed by atoms with Crippen molar-refractivity contribution >= 4 is 17.3 Å². The molecule has 0 radical (unpaired) electrons. The largest absolute Gasteiger partial charge is 0.380 e. The van der Waals surface area contributed by atoms with Gasteiger partial charge in [0.2, 0.25) is 0 Å². The molecule has 1 unspecified atom stereocenters. The number of nitriles is 1. The second-order valence-electron chi connectivity index (χ2n) is 5.93. The minimum absolute atomic E-state index is 0.0466. The number of nitrogens with zero attached hydrogens (tertiary/aromatic N) is 7. The Morgan fingerprint density at radius 3 is 2.89 bits per heavy atom. The molecule has 142 valence electrons. The first kappa shape index (κ1) is 17.7. The van der Waals surface area contributed by atoms with Crippen LogP contribution in [0.4, 0.5) is 17.3 Å². The van der Waals surface area contributed by atoms with Crippen molar-refractivity contribution in [3.05, 3.63) is 30.5 Å². The second-order valence-corrected chi connectivity index (χ2v) is 5.93. The third-order valence-electron chi connectivity index (χ3n) is 3.98. The van der Waals surface area contributed by atoms with Crippen molar-refractivity contribution in [2.75, 3.05) is 36.9 Å². The van der Waals surface area contributed by atoms with E-state index < -0.39 is 0 Å². The zero-order valence-corrected chi connectivity index (χ0v) is 14.8. The lowest BCUT2D eigenvalue weighted by atomic mass is 10.2. The lowest BCUT2D eigenvalue weighted by Crippen LogP contribution is -2.42. The van der Waals surface area contributed by atoms with E-state index in [-0.39, 0.29) is 11.8 Å². The number of aromatic amines is 1. The minimum Gasteiger partial charge on any atom is -0.380 e. The maximum Gasteiger partial charge on any atom is 0.183 e. The fourth-order valence-corrected chi connectivity index (χ4v) is 2.64. The van der Waals surface area contributed by atoms with E-state index in [0.717, 1.165) is 13.1 Å². The summed E-state index contributed by atoms with van der Waals surface area (Å²) in [6.45, 7) is 2.90. The maximum atomic E-state index is 8.81. The molecule has 1 aliphatic rings. The number of ether oxygens (including phenoxy) is 1. The van der Waals surface area contributed by atoms with E-state index in [2.05, 4.69) is 51.3 Å². The molecule has 1 aliphatic heterocycles. The predicted octanol–water partition coefficient (Wildman–Crippen LogP) is 0.0673. The van der Waals surface area contributed by atoms with Crippen molar-refractivity contribution in [1.29, 1.82) is 5.26 Å². The van der Waals surface area contributed by atoms with E-state index in [1.165, 1.54) is 18.7 Å². The Kier molecular flexibility index (Phi) is 5.27. The quantitative estimate of drug-likeness (QED) is 0.458. The molecule has 1 atom stereocenters. The summed E-state index contributed by atoms with van der Waals surface area (Å²) < 4.78 is 5.72. The highest BCUT2D eigenvalue weighted by Crippen LogP contribution is 2.25. The number of hydrogen-bond acceptors (Lipinski definition) is 11. The molecule has 0 spiro atoms. The predicted molar refractivity (Wildman–Crippen MR) is 98.5 cm³/mol. The molecule has 1 saturated heterocycles. The van der Waals surface area contributed by atoms with Gasteiger partial charge in [-0.05, 0) is 0 Å². The SMILES string of the molecule is N#Cc1cnc(Nc2cc(NCC3CNCCO3)c(-c3nnc[nH]3)nn2)cn1. The molecule has 12 nitrogen and oxygen atoms in total. The Bertz CT molecular complexity index is 946. The summed E-state index contributed by atoms with van der Waals surface area (Å²) in [6.07, 6.45) is 4.36. The Hall–Kier alpha value is -3.69. The normalized spacial score (nSPS) is 16.3. The Labute approximate surface area is 159 Å². The summed E-state index contributed by atoms with van der Waals surface area (Å²) in [6, 6.07) is 3.72. The first-order valence-electron chi connectivity index (χ1n) is 8.61.